The number of nitrogens with two attached hydrogens (primary N) is 2. The quantitative estimate of drug-likeness (QED) is 0.381. The van der Waals surface area contributed by atoms with Crippen LogP contribution in [-0.4, -0.2) is 17.3 Å². The van der Waals surface area contributed by atoms with Crippen LogP contribution >= 0.6 is 23.2 Å². The van der Waals surface area contributed by atoms with Crippen molar-refractivity contribution in [2.24, 2.45) is 0 Å². The molecule has 0 spiro atoms. The van der Waals surface area contributed by atoms with Gasteiger partial charge in [-0.3, -0.25) is 14.4 Å². The molecule has 0 bridgehead atoms. The molecule has 0 saturated carbocycles. The Bertz CT molecular complexity index is 1220. The number of halogens is 2. The summed E-state index contributed by atoms with van der Waals surface area (Å²) in [6.07, 6.45) is 0. The molecule has 0 amide bonds. The lowest BCUT2D eigenvalue weighted by molar-refractivity contribution is 0.0979. The molecule has 138 valence electrons. The molecule has 3 aromatic rings. The number of hydrogen-bond donors (Lipinski definition) is 2. The lowest BCUT2D eigenvalue weighted by Crippen LogP contribution is -2.25. The van der Waals surface area contributed by atoms with Crippen molar-refractivity contribution in [3.8, 4) is 0 Å². The van der Waals surface area contributed by atoms with Crippen LogP contribution in [-0.2, 0) is 0 Å². The summed E-state index contributed by atoms with van der Waals surface area (Å²) in [4.78, 5) is 38.8. The molecule has 0 atom stereocenters. The van der Waals surface area contributed by atoms with Crippen LogP contribution in [0.3, 0.4) is 0 Å². The molecule has 0 heterocycles. The highest BCUT2D eigenvalue weighted by Gasteiger charge is 2.35. The van der Waals surface area contributed by atoms with Crippen molar-refractivity contribution in [2.75, 3.05) is 11.5 Å². The lowest BCUT2D eigenvalue weighted by Gasteiger charge is -2.22. The topological polar surface area (TPSA) is 103 Å². The van der Waals surface area contributed by atoms with Gasteiger partial charge in [0.05, 0.1) is 26.9 Å². The number of nitrogen functional groups attached to an aromatic ring is 2. The summed E-state index contributed by atoms with van der Waals surface area (Å²) in [5, 5.41) is 0.505. The van der Waals surface area contributed by atoms with Crippen molar-refractivity contribution in [1.29, 1.82) is 0 Å². The van der Waals surface area contributed by atoms with E-state index in [1.54, 1.807) is 24.3 Å². The van der Waals surface area contributed by atoms with Crippen molar-refractivity contribution in [3.63, 3.8) is 0 Å². The first-order valence-electron chi connectivity index (χ1n) is 8.21. The van der Waals surface area contributed by atoms with Gasteiger partial charge in [-0.05, 0) is 24.3 Å². The molecule has 0 radical (unpaired) electrons. The summed E-state index contributed by atoms with van der Waals surface area (Å²) >= 11 is 11.9. The minimum atomic E-state index is -0.482. The van der Waals surface area contributed by atoms with E-state index >= 15 is 0 Å². The van der Waals surface area contributed by atoms with E-state index in [1.807, 2.05) is 0 Å². The Balaban J connectivity index is 1.93. The highest BCUT2D eigenvalue weighted by Crippen LogP contribution is 2.37. The number of anilines is 2. The van der Waals surface area contributed by atoms with Crippen LogP contribution < -0.4 is 11.5 Å². The van der Waals surface area contributed by atoms with E-state index in [-0.39, 0.29) is 49.8 Å². The first-order chi connectivity index (χ1) is 13.3. The number of rotatable bonds is 2. The molecule has 7 heteroatoms. The van der Waals surface area contributed by atoms with Crippen molar-refractivity contribution in [3.05, 3.63) is 92.0 Å². The second-order valence-corrected chi connectivity index (χ2v) is 7.15. The second kappa shape index (κ2) is 6.48. The molecule has 0 fully saturated rings. The number of carbonyl (C=O) groups excluding carboxylic acids is 3. The minimum absolute atomic E-state index is 0.0143. The van der Waals surface area contributed by atoms with Crippen molar-refractivity contribution < 1.29 is 14.4 Å². The van der Waals surface area contributed by atoms with E-state index in [9.17, 15) is 14.4 Å². The molecule has 3 aromatic carbocycles. The zero-order chi connectivity index (χ0) is 20.2. The van der Waals surface area contributed by atoms with E-state index in [4.69, 9.17) is 34.7 Å². The van der Waals surface area contributed by atoms with Crippen LogP contribution in [0.2, 0.25) is 10.0 Å². The summed E-state index contributed by atoms with van der Waals surface area (Å²) in [5.41, 5.74) is 12.9. The maximum absolute atomic E-state index is 13.0. The molecular weight excluding hydrogens is 399 g/mol. The number of fused-ring (bicyclic) bond motifs is 2. The normalized spacial score (nSPS) is 12.5. The largest absolute Gasteiger partial charge is 0.398 e. The first-order valence-corrected chi connectivity index (χ1v) is 8.97. The fourth-order valence-corrected chi connectivity index (χ4v) is 3.63. The van der Waals surface area contributed by atoms with Gasteiger partial charge in [-0.2, -0.15) is 0 Å². The molecule has 4 rings (SSSR count). The molecule has 4 N–H and O–H groups in total. The molecular formula is C21H12Cl2N2O3. The summed E-state index contributed by atoms with van der Waals surface area (Å²) in [6.45, 7) is 0. The summed E-state index contributed by atoms with van der Waals surface area (Å²) < 4.78 is 0. The third-order valence-corrected chi connectivity index (χ3v) is 5.43. The second-order valence-electron chi connectivity index (χ2n) is 6.34. The fourth-order valence-electron chi connectivity index (χ4n) is 3.33. The number of carbonyl (C=O) groups is 3. The van der Waals surface area contributed by atoms with Crippen LogP contribution in [0.1, 0.15) is 47.8 Å². The Morgan fingerprint density at radius 3 is 2.00 bits per heavy atom. The molecule has 0 unspecified atom stereocenters. The van der Waals surface area contributed by atoms with Gasteiger partial charge in [0.1, 0.15) is 0 Å². The van der Waals surface area contributed by atoms with Gasteiger partial charge >= 0.3 is 0 Å². The Kier molecular flexibility index (Phi) is 4.22. The SMILES string of the molecule is Nc1cc(C(=O)c2ccc(Cl)c(Cl)c2)c(N)c2c1C(=O)c1ccccc1C2=O. The fraction of sp³-hybridized carbons (Fsp3) is 0. The van der Waals surface area contributed by atoms with Crippen LogP contribution in [0.15, 0.2) is 48.5 Å². The molecule has 0 aromatic heterocycles. The molecule has 5 nitrogen and oxygen atoms in total. The summed E-state index contributed by atoms with van der Waals surface area (Å²) in [7, 11) is 0. The van der Waals surface area contributed by atoms with Gasteiger partial charge in [0.25, 0.3) is 0 Å². The van der Waals surface area contributed by atoms with Gasteiger partial charge < -0.3 is 11.5 Å². The van der Waals surface area contributed by atoms with Gasteiger partial charge in [-0.1, -0.05) is 47.5 Å². The van der Waals surface area contributed by atoms with Crippen molar-refractivity contribution in [2.45, 2.75) is 0 Å². The first kappa shape index (κ1) is 18.2. The van der Waals surface area contributed by atoms with Crippen molar-refractivity contribution in [1.82, 2.24) is 0 Å². The molecule has 0 saturated heterocycles. The number of ketones is 3. The standard InChI is InChI=1S/C21H12Cl2N2O3/c22-13-6-5-9(7-14(13)23)19(26)12-8-15(24)16-17(18(12)25)21(28)11-4-2-1-3-10(11)20(16)27/h1-8H,24-25H2. The average molecular weight is 411 g/mol. The van der Waals surface area contributed by atoms with E-state index in [2.05, 4.69) is 0 Å². The maximum atomic E-state index is 13.0. The Labute approximate surface area is 169 Å². The van der Waals surface area contributed by atoms with Gasteiger partial charge in [0.2, 0.25) is 0 Å². The predicted molar refractivity (Wildman–Crippen MR) is 108 cm³/mol. The smallest absolute Gasteiger partial charge is 0.196 e. The van der Waals surface area contributed by atoms with Gasteiger partial charge in [0, 0.05) is 27.9 Å². The zero-order valence-electron chi connectivity index (χ0n) is 14.3. The number of hydrogen-bond acceptors (Lipinski definition) is 5. The molecule has 0 aliphatic heterocycles. The van der Waals surface area contributed by atoms with Crippen LogP contribution in [0.4, 0.5) is 11.4 Å². The van der Waals surface area contributed by atoms with Crippen LogP contribution in [0.5, 0.6) is 0 Å². The van der Waals surface area contributed by atoms with Crippen LogP contribution in [0.25, 0.3) is 0 Å². The zero-order valence-corrected chi connectivity index (χ0v) is 15.8. The average Bonchev–Trinajstić information content (AvgIpc) is 2.69. The Morgan fingerprint density at radius 2 is 1.39 bits per heavy atom. The highest BCUT2D eigenvalue weighted by molar-refractivity contribution is 6.42. The van der Waals surface area contributed by atoms with Crippen LogP contribution in [0, 0.1) is 0 Å². The van der Waals surface area contributed by atoms with E-state index in [1.165, 1.54) is 24.3 Å². The van der Waals surface area contributed by atoms with E-state index < -0.39 is 17.3 Å². The molecule has 1 aliphatic carbocycles. The summed E-state index contributed by atoms with van der Waals surface area (Å²) in [6, 6.07) is 12.1. The third-order valence-electron chi connectivity index (χ3n) is 4.69. The maximum Gasteiger partial charge on any atom is 0.196 e. The van der Waals surface area contributed by atoms with Gasteiger partial charge in [-0.25, -0.2) is 0 Å². The monoisotopic (exact) mass is 410 g/mol. The lowest BCUT2D eigenvalue weighted by atomic mass is 9.80. The Morgan fingerprint density at radius 1 is 0.786 bits per heavy atom. The highest BCUT2D eigenvalue weighted by atomic mass is 35.5. The third kappa shape index (κ3) is 2.59. The predicted octanol–water partition coefficient (Wildman–Crippen LogP) is 4.16. The molecule has 1 aliphatic rings. The molecule has 28 heavy (non-hydrogen) atoms. The van der Waals surface area contributed by atoms with E-state index in [0.717, 1.165) is 0 Å². The van der Waals surface area contributed by atoms with Gasteiger partial charge in [-0.15, -0.1) is 0 Å². The Hall–Kier alpha value is -3.15. The van der Waals surface area contributed by atoms with E-state index in [0.29, 0.717) is 5.02 Å². The minimum Gasteiger partial charge on any atom is -0.398 e. The van der Waals surface area contributed by atoms with Crippen molar-refractivity contribution >= 4 is 51.9 Å². The summed E-state index contributed by atoms with van der Waals surface area (Å²) in [5.74, 6) is -1.33. The number of benzene rings is 3. The van der Waals surface area contributed by atoms with Gasteiger partial charge in [0.15, 0.2) is 17.3 Å².